The zero-order valence-corrected chi connectivity index (χ0v) is 12.5. The van der Waals surface area contributed by atoms with Crippen molar-refractivity contribution in [3.8, 4) is 5.75 Å². The van der Waals surface area contributed by atoms with Crippen molar-refractivity contribution in [3.63, 3.8) is 0 Å². The molecule has 0 radical (unpaired) electrons. The molecule has 0 saturated carbocycles. The summed E-state index contributed by atoms with van der Waals surface area (Å²) in [5.41, 5.74) is 0.519. The summed E-state index contributed by atoms with van der Waals surface area (Å²) in [6.07, 6.45) is 3.54. The molecule has 1 saturated heterocycles. The largest absolute Gasteiger partial charge is 0.506 e. The van der Waals surface area contributed by atoms with Gasteiger partial charge in [0.15, 0.2) is 0 Å². The molecular weight excluding hydrogens is 276 g/mol. The van der Waals surface area contributed by atoms with Crippen molar-refractivity contribution < 1.29 is 9.90 Å². The van der Waals surface area contributed by atoms with Crippen LogP contribution in [0.4, 0.5) is 0 Å². The second kappa shape index (κ2) is 6.95. The summed E-state index contributed by atoms with van der Waals surface area (Å²) >= 11 is 5.86. The van der Waals surface area contributed by atoms with Crippen molar-refractivity contribution in [2.75, 3.05) is 19.6 Å². The number of hydrogen-bond acceptors (Lipinski definition) is 3. The molecule has 1 amide bonds. The monoisotopic (exact) mass is 296 g/mol. The van der Waals surface area contributed by atoms with Gasteiger partial charge in [-0.2, -0.15) is 0 Å². The van der Waals surface area contributed by atoms with Crippen molar-refractivity contribution in [2.45, 2.75) is 32.2 Å². The predicted molar refractivity (Wildman–Crippen MR) is 80.3 cm³/mol. The number of piperidine rings is 1. The Morgan fingerprint density at radius 2 is 2.30 bits per heavy atom. The van der Waals surface area contributed by atoms with Crippen molar-refractivity contribution in [3.05, 3.63) is 28.8 Å². The number of rotatable bonds is 4. The molecule has 1 aliphatic rings. The van der Waals surface area contributed by atoms with Gasteiger partial charge in [0.05, 0.1) is 5.02 Å². The average molecular weight is 297 g/mol. The van der Waals surface area contributed by atoms with Gasteiger partial charge in [-0.05, 0) is 44.5 Å². The minimum absolute atomic E-state index is 0.000197. The number of phenolic OH excluding ortho intramolecular Hbond substituents is 1. The standard InChI is InChI=1S/C15H21ClN2O2/c1-2-18(10-12-5-3-4-8-17-12)15(20)11-6-7-14(19)13(16)9-11/h6-7,9,12,17,19H,2-5,8,10H2,1H3. The van der Waals surface area contributed by atoms with Crippen LogP contribution in [0, 0.1) is 0 Å². The average Bonchev–Trinajstić information content (AvgIpc) is 2.48. The predicted octanol–water partition coefficient (Wildman–Crippen LogP) is 2.65. The summed E-state index contributed by atoms with van der Waals surface area (Å²) < 4.78 is 0. The zero-order valence-electron chi connectivity index (χ0n) is 11.7. The molecule has 0 spiro atoms. The van der Waals surface area contributed by atoms with Crippen molar-refractivity contribution in [2.24, 2.45) is 0 Å². The molecule has 1 fully saturated rings. The van der Waals surface area contributed by atoms with E-state index in [-0.39, 0.29) is 16.7 Å². The molecule has 1 aliphatic heterocycles. The lowest BCUT2D eigenvalue weighted by Crippen LogP contribution is -2.45. The van der Waals surface area contributed by atoms with Crippen LogP contribution in [0.5, 0.6) is 5.75 Å². The molecule has 1 aromatic carbocycles. The number of benzene rings is 1. The van der Waals surface area contributed by atoms with Crippen molar-refractivity contribution in [1.82, 2.24) is 10.2 Å². The number of aromatic hydroxyl groups is 1. The number of phenols is 1. The van der Waals surface area contributed by atoms with E-state index in [0.717, 1.165) is 13.0 Å². The number of amides is 1. The maximum Gasteiger partial charge on any atom is 0.253 e. The Morgan fingerprint density at radius 3 is 2.90 bits per heavy atom. The van der Waals surface area contributed by atoms with E-state index >= 15 is 0 Å². The van der Waals surface area contributed by atoms with Gasteiger partial charge in [0.25, 0.3) is 5.91 Å². The number of nitrogens with zero attached hydrogens (tertiary/aromatic N) is 1. The lowest BCUT2D eigenvalue weighted by atomic mass is 10.0. The topological polar surface area (TPSA) is 52.6 Å². The summed E-state index contributed by atoms with van der Waals surface area (Å²) in [6, 6.07) is 4.97. The Kier molecular flexibility index (Phi) is 5.26. The minimum atomic E-state index is -0.0400. The quantitative estimate of drug-likeness (QED) is 0.898. The van der Waals surface area contributed by atoms with Crippen LogP contribution in [0.1, 0.15) is 36.5 Å². The molecule has 1 heterocycles. The van der Waals surface area contributed by atoms with Crippen molar-refractivity contribution >= 4 is 17.5 Å². The first-order valence-corrected chi connectivity index (χ1v) is 7.50. The first kappa shape index (κ1) is 15.1. The molecule has 5 heteroatoms. The third-order valence-electron chi connectivity index (χ3n) is 3.72. The molecule has 1 unspecified atom stereocenters. The summed E-state index contributed by atoms with van der Waals surface area (Å²) in [7, 11) is 0. The fourth-order valence-corrected chi connectivity index (χ4v) is 2.70. The first-order valence-electron chi connectivity index (χ1n) is 7.13. The van der Waals surface area contributed by atoms with Gasteiger partial charge in [0.2, 0.25) is 0 Å². The van der Waals surface area contributed by atoms with E-state index in [9.17, 15) is 9.90 Å². The number of likely N-dealkylation sites (N-methyl/N-ethyl adjacent to an activating group) is 1. The molecule has 0 aromatic heterocycles. The number of hydrogen-bond donors (Lipinski definition) is 2. The normalized spacial score (nSPS) is 18.8. The maximum absolute atomic E-state index is 12.5. The van der Waals surface area contributed by atoms with E-state index in [4.69, 9.17) is 11.6 Å². The number of nitrogens with one attached hydrogen (secondary N) is 1. The van der Waals surface area contributed by atoms with Gasteiger partial charge in [0, 0.05) is 24.7 Å². The highest BCUT2D eigenvalue weighted by molar-refractivity contribution is 6.32. The summed E-state index contributed by atoms with van der Waals surface area (Å²) in [6.45, 7) is 4.38. The third kappa shape index (κ3) is 3.64. The molecule has 1 aromatic rings. The Morgan fingerprint density at radius 1 is 1.50 bits per heavy atom. The van der Waals surface area contributed by atoms with Crippen LogP contribution in [-0.4, -0.2) is 41.6 Å². The Labute approximate surface area is 124 Å². The number of carbonyl (C=O) groups is 1. The summed E-state index contributed by atoms with van der Waals surface area (Å²) in [4.78, 5) is 14.3. The first-order chi connectivity index (χ1) is 9.61. The lowest BCUT2D eigenvalue weighted by Gasteiger charge is -2.30. The van der Waals surface area contributed by atoms with Crippen LogP contribution in [0.25, 0.3) is 0 Å². The fourth-order valence-electron chi connectivity index (χ4n) is 2.52. The lowest BCUT2D eigenvalue weighted by molar-refractivity contribution is 0.0741. The SMILES string of the molecule is CCN(CC1CCCCN1)C(=O)c1ccc(O)c(Cl)c1. The number of carbonyl (C=O) groups excluding carboxylic acids is 1. The highest BCUT2D eigenvalue weighted by atomic mass is 35.5. The maximum atomic E-state index is 12.5. The van der Waals surface area contributed by atoms with E-state index in [1.54, 1.807) is 6.07 Å². The van der Waals surface area contributed by atoms with Crippen LogP contribution >= 0.6 is 11.6 Å². The Bertz CT molecular complexity index is 473. The van der Waals surface area contributed by atoms with Gasteiger partial charge in [-0.3, -0.25) is 4.79 Å². The molecule has 1 atom stereocenters. The fraction of sp³-hybridized carbons (Fsp3) is 0.533. The zero-order chi connectivity index (χ0) is 14.5. The van der Waals surface area contributed by atoms with E-state index in [0.29, 0.717) is 24.7 Å². The summed E-state index contributed by atoms with van der Waals surface area (Å²) in [5.74, 6) is -0.0398. The molecule has 20 heavy (non-hydrogen) atoms. The van der Waals surface area contributed by atoms with Gasteiger partial charge in [-0.15, -0.1) is 0 Å². The molecule has 4 nitrogen and oxygen atoms in total. The smallest absolute Gasteiger partial charge is 0.253 e. The van der Waals surface area contributed by atoms with Crippen LogP contribution in [0.15, 0.2) is 18.2 Å². The van der Waals surface area contributed by atoms with Crippen LogP contribution in [-0.2, 0) is 0 Å². The van der Waals surface area contributed by atoms with Gasteiger partial charge >= 0.3 is 0 Å². The van der Waals surface area contributed by atoms with Crippen LogP contribution < -0.4 is 5.32 Å². The highest BCUT2D eigenvalue weighted by Crippen LogP contribution is 2.24. The third-order valence-corrected chi connectivity index (χ3v) is 4.02. The van der Waals surface area contributed by atoms with Crippen LogP contribution in [0.2, 0.25) is 5.02 Å². The van der Waals surface area contributed by atoms with Gasteiger partial charge < -0.3 is 15.3 Å². The van der Waals surface area contributed by atoms with Gasteiger partial charge in [0.1, 0.15) is 5.75 Å². The Balaban J connectivity index is 2.05. The number of halogens is 1. The second-order valence-electron chi connectivity index (χ2n) is 5.16. The van der Waals surface area contributed by atoms with E-state index < -0.39 is 0 Å². The van der Waals surface area contributed by atoms with E-state index in [1.165, 1.54) is 25.0 Å². The molecule has 2 rings (SSSR count). The van der Waals surface area contributed by atoms with Crippen LogP contribution in [0.3, 0.4) is 0 Å². The van der Waals surface area contributed by atoms with E-state index in [2.05, 4.69) is 5.32 Å². The van der Waals surface area contributed by atoms with Gasteiger partial charge in [-0.25, -0.2) is 0 Å². The summed E-state index contributed by atoms with van der Waals surface area (Å²) in [5, 5.41) is 13.1. The highest BCUT2D eigenvalue weighted by Gasteiger charge is 2.20. The van der Waals surface area contributed by atoms with Crippen molar-refractivity contribution in [1.29, 1.82) is 0 Å². The molecule has 110 valence electrons. The van der Waals surface area contributed by atoms with Gasteiger partial charge in [-0.1, -0.05) is 18.0 Å². The molecular formula is C15H21ClN2O2. The van der Waals surface area contributed by atoms with E-state index in [1.807, 2.05) is 11.8 Å². The molecule has 0 bridgehead atoms. The molecule has 2 N–H and O–H groups in total. The Hall–Kier alpha value is -1.26. The second-order valence-corrected chi connectivity index (χ2v) is 5.56. The minimum Gasteiger partial charge on any atom is -0.506 e. The molecule has 0 aliphatic carbocycles.